The highest BCUT2D eigenvalue weighted by atomic mass is 27.2. The molecule has 0 unspecified atom stereocenters. The zero-order valence-corrected chi connectivity index (χ0v) is 9.33. The summed E-state index contributed by atoms with van der Waals surface area (Å²) < 4.78 is 0. The summed E-state index contributed by atoms with van der Waals surface area (Å²) >= 11 is -0.250. The molecule has 3 heteroatoms. The Morgan fingerprint density at radius 1 is 1.09 bits per heavy atom. The lowest BCUT2D eigenvalue weighted by molar-refractivity contribution is -0.176. The molecule has 0 aromatic carbocycles. The molecule has 0 rings (SSSR count). The third-order valence-corrected chi connectivity index (χ3v) is 5.88. The maximum atomic E-state index is 6.00. The van der Waals surface area contributed by atoms with Crippen LogP contribution in [0.25, 0.3) is 0 Å². The zero-order chi connectivity index (χ0) is 9.28. The molecule has 0 atom stereocenters. The Morgan fingerprint density at radius 3 is 1.55 bits per heavy atom. The molecule has 0 aliphatic carbocycles. The summed E-state index contributed by atoms with van der Waals surface area (Å²) in [4.78, 5) is 0. The first-order chi connectivity index (χ1) is 5.20. The fourth-order valence-electron chi connectivity index (χ4n) is 1.29. The van der Waals surface area contributed by atoms with E-state index in [9.17, 15) is 0 Å². The van der Waals surface area contributed by atoms with Crippen molar-refractivity contribution in [3.8, 4) is 0 Å². The molecule has 0 spiro atoms. The van der Waals surface area contributed by atoms with Crippen molar-refractivity contribution >= 4 is 14.1 Å². The largest absolute Gasteiger partial charge is 0.261 e. The zero-order valence-electron chi connectivity index (χ0n) is 8.17. The van der Waals surface area contributed by atoms with Crippen molar-refractivity contribution in [3.63, 3.8) is 0 Å². The van der Waals surface area contributed by atoms with Crippen molar-refractivity contribution in [1.29, 1.82) is 0 Å². The van der Waals surface area contributed by atoms with Gasteiger partial charge in [-0.1, -0.05) is 49.5 Å². The van der Waals surface area contributed by atoms with Crippen LogP contribution in [0.15, 0.2) is 0 Å². The minimum atomic E-state index is -0.250. The highest BCUT2D eigenvalue weighted by Crippen LogP contribution is 2.11. The maximum Gasteiger partial charge on any atom is 0.261 e. The second-order valence-corrected chi connectivity index (χ2v) is 7.15. The fourth-order valence-corrected chi connectivity index (χ4v) is 3.87. The Morgan fingerprint density at radius 2 is 1.45 bits per heavy atom. The second kappa shape index (κ2) is 10.5. The minimum absolute atomic E-state index is 0.250. The van der Waals surface area contributed by atoms with E-state index in [4.69, 9.17) is 10.5 Å². The molecule has 0 bridgehead atoms. The normalized spacial score (nSPS) is 9.00. The SMILES string of the molecule is C[CH2][Al]([CH2]C)[CH2]C(C)C.OO. The highest BCUT2D eigenvalue weighted by molar-refractivity contribution is 6.58. The molecule has 0 heterocycles. The number of hydrogen-bond acceptors (Lipinski definition) is 2. The summed E-state index contributed by atoms with van der Waals surface area (Å²) in [7, 11) is 0. The van der Waals surface area contributed by atoms with E-state index in [0.717, 1.165) is 5.92 Å². The van der Waals surface area contributed by atoms with Crippen LogP contribution in [0.5, 0.6) is 0 Å². The van der Waals surface area contributed by atoms with E-state index in [1.807, 2.05) is 0 Å². The second-order valence-electron chi connectivity index (χ2n) is 3.31. The van der Waals surface area contributed by atoms with Crippen LogP contribution in [0.1, 0.15) is 27.7 Å². The molecule has 0 aromatic rings. The lowest BCUT2D eigenvalue weighted by Crippen LogP contribution is -2.11. The van der Waals surface area contributed by atoms with Crippen LogP contribution < -0.4 is 0 Å². The van der Waals surface area contributed by atoms with Gasteiger partial charge in [0.2, 0.25) is 0 Å². The number of rotatable bonds is 4. The molecular weight excluding hydrogens is 155 g/mol. The van der Waals surface area contributed by atoms with Crippen molar-refractivity contribution in [2.24, 2.45) is 5.92 Å². The Balaban J connectivity index is 0. The first kappa shape index (κ1) is 14.0. The molecular formula is C8H21AlO2. The standard InChI is InChI=1S/C4H9.2C2H5.Al.H2O2/c1-4(2)3;2*1-2;;1-2/h4H,1H2,2-3H3;2*1H2,2H3;;1-2H. The summed E-state index contributed by atoms with van der Waals surface area (Å²) in [5.74, 6) is 0.946. The summed E-state index contributed by atoms with van der Waals surface area (Å²) in [5, 5.41) is 16.5. The van der Waals surface area contributed by atoms with Gasteiger partial charge in [-0.15, -0.1) is 0 Å². The van der Waals surface area contributed by atoms with Gasteiger partial charge < -0.3 is 0 Å². The van der Waals surface area contributed by atoms with Crippen molar-refractivity contribution in [1.82, 2.24) is 0 Å². The van der Waals surface area contributed by atoms with Crippen molar-refractivity contribution in [2.75, 3.05) is 0 Å². The van der Waals surface area contributed by atoms with Crippen molar-refractivity contribution in [2.45, 2.75) is 43.5 Å². The Labute approximate surface area is 74.6 Å². The van der Waals surface area contributed by atoms with Gasteiger partial charge in [0.05, 0.1) is 0 Å². The molecule has 11 heavy (non-hydrogen) atoms. The molecule has 0 saturated carbocycles. The van der Waals surface area contributed by atoms with Crippen LogP contribution in [0.2, 0.25) is 15.8 Å². The quantitative estimate of drug-likeness (QED) is 0.392. The molecule has 2 N–H and O–H groups in total. The van der Waals surface area contributed by atoms with Crippen LogP contribution in [0.3, 0.4) is 0 Å². The van der Waals surface area contributed by atoms with Gasteiger partial charge in [0.1, 0.15) is 0 Å². The van der Waals surface area contributed by atoms with Gasteiger partial charge in [-0.25, -0.2) is 0 Å². The summed E-state index contributed by atoms with van der Waals surface area (Å²) in [6, 6.07) is 0. The van der Waals surface area contributed by atoms with Gasteiger partial charge in [-0.2, -0.15) is 0 Å². The Bertz CT molecular complexity index is 63.1. The van der Waals surface area contributed by atoms with Crippen LogP contribution in [-0.2, 0) is 0 Å². The Hall–Kier alpha value is 0.452. The third-order valence-electron chi connectivity index (χ3n) is 1.96. The first-order valence-corrected chi connectivity index (χ1v) is 6.85. The Kier molecular flexibility index (Phi) is 13.3. The van der Waals surface area contributed by atoms with E-state index in [-0.39, 0.29) is 14.1 Å². The molecule has 0 aliphatic heterocycles. The van der Waals surface area contributed by atoms with Gasteiger partial charge in [0, 0.05) is 0 Å². The van der Waals surface area contributed by atoms with Gasteiger partial charge in [-0.05, 0) is 0 Å². The summed E-state index contributed by atoms with van der Waals surface area (Å²) in [5.41, 5.74) is 0. The van der Waals surface area contributed by atoms with Crippen molar-refractivity contribution in [3.05, 3.63) is 0 Å². The van der Waals surface area contributed by atoms with E-state index >= 15 is 0 Å². The molecule has 0 aromatic heterocycles. The monoisotopic (exact) mass is 176 g/mol. The molecule has 2 nitrogen and oxygen atoms in total. The molecule has 0 fully saturated rings. The van der Waals surface area contributed by atoms with E-state index in [0.29, 0.717) is 0 Å². The van der Waals surface area contributed by atoms with E-state index < -0.39 is 0 Å². The summed E-state index contributed by atoms with van der Waals surface area (Å²) in [6.07, 6.45) is 0. The first-order valence-electron chi connectivity index (χ1n) is 4.40. The molecule has 68 valence electrons. The maximum absolute atomic E-state index is 6.00. The smallest absolute Gasteiger partial charge is 0.255 e. The van der Waals surface area contributed by atoms with E-state index in [1.54, 1.807) is 5.28 Å². The van der Waals surface area contributed by atoms with Gasteiger partial charge in [-0.3, -0.25) is 10.5 Å². The van der Waals surface area contributed by atoms with Crippen LogP contribution in [0, 0.1) is 5.92 Å². The molecule has 0 amide bonds. The molecule has 0 saturated heterocycles. The fraction of sp³-hybridized carbons (Fsp3) is 1.00. The molecule has 0 aliphatic rings. The van der Waals surface area contributed by atoms with Gasteiger partial charge in [0.25, 0.3) is 14.1 Å². The van der Waals surface area contributed by atoms with E-state index in [2.05, 4.69) is 27.7 Å². The lowest BCUT2D eigenvalue weighted by atomic mass is 10.3. The topological polar surface area (TPSA) is 40.5 Å². The van der Waals surface area contributed by atoms with Crippen LogP contribution in [0.4, 0.5) is 0 Å². The number of hydrogen-bond donors (Lipinski definition) is 2. The predicted octanol–water partition coefficient (Wildman–Crippen LogP) is 3.19. The molecule has 0 radical (unpaired) electrons. The third kappa shape index (κ3) is 10.5. The predicted molar refractivity (Wildman–Crippen MR) is 51.6 cm³/mol. The van der Waals surface area contributed by atoms with Gasteiger partial charge in [0.15, 0.2) is 0 Å². The minimum Gasteiger partial charge on any atom is -0.255 e. The van der Waals surface area contributed by atoms with Crippen LogP contribution >= 0.6 is 0 Å². The average molecular weight is 176 g/mol. The lowest BCUT2D eigenvalue weighted by Gasteiger charge is -2.08. The highest BCUT2D eigenvalue weighted by Gasteiger charge is 2.12. The summed E-state index contributed by atoms with van der Waals surface area (Å²) in [6.45, 7) is 9.38. The van der Waals surface area contributed by atoms with E-state index in [1.165, 1.54) is 10.6 Å². The van der Waals surface area contributed by atoms with Crippen LogP contribution in [-0.4, -0.2) is 24.7 Å². The van der Waals surface area contributed by atoms with Crippen molar-refractivity contribution < 1.29 is 10.5 Å². The van der Waals surface area contributed by atoms with Gasteiger partial charge >= 0.3 is 0 Å². The average Bonchev–Trinajstić information content (AvgIpc) is 2.03.